The zero-order valence-corrected chi connectivity index (χ0v) is 12.2. The Bertz CT molecular complexity index is 751. The first-order chi connectivity index (χ1) is 10.8. The minimum atomic E-state index is 0.386. The monoisotopic (exact) mass is 295 g/mol. The molecule has 22 heavy (non-hydrogen) atoms. The Balaban J connectivity index is 1.69. The Labute approximate surface area is 128 Å². The Morgan fingerprint density at radius 3 is 2.59 bits per heavy atom. The third-order valence-corrected chi connectivity index (χ3v) is 3.32. The first-order valence-corrected chi connectivity index (χ1v) is 6.92. The van der Waals surface area contributed by atoms with Gasteiger partial charge in [0, 0.05) is 5.56 Å². The van der Waals surface area contributed by atoms with Crippen molar-refractivity contribution in [2.75, 3.05) is 12.8 Å². The number of nitrogens with two attached hydrogens (primary N) is 1. The summed E-state index contributed by atoms with van der Waals surface area (Å²) in [5, 5.41) is 7.28. The number of nitrogens with one attached hydrogen (secondary N) is 1. The number of aromatic amines is 1. The minimum absolute atomic E-state index is 0.386. The van der Waals surface area contributed by atoms with Gasteiger partial charge in [0.05, 0.1) is 24.2 Å². The smallest absolute Gasteiger partial charge is 0.142 e. The van der Waals surface area contributed by atoms with Crippen molar-refractivity contribution in [3.8, 4) is 22.8 Å². The van der Waals surface area contributed by atoms with Crippen LogP contribution in [0.2, 0.25) is 0 Å². The van der Waals surface area contributed by atoms with E-state index in [1.165, 1.54) is 0 Å². The molecule has 0 aliphatic heterocycles. The summed E-state index contributed by atoms with van der Waals surface area (Å²) >= 11 is 0. The molecule has 0 amide bonds. The van der Waals surface area contributed by atoms with Crippen molar-refractivity contribution in [2.45, 2.75) is 6.61 Å². The largest absolute Gasteiger partial charge is 0.497 e. The van der Waals surface area contributed by atoms with E-state index in [1.807, 2.05) is 54.6 Å². The normalized spacial score (nSPS) is 10.4. The van der Waals surface area contributed by atoms with Gasteiger partial charge in [-0.25, -0.2) is 0 Å². The van der Waals surface area contributed by atoms with E-state index in [-0.39, 0.29) is 0 Å². The molecule has 2 aromatic carbocycles. The third kappa shape index (κ3) is 3.03. The fourth-order valence-electron chi connectivity index (χ4n) is 2.11. The number of nitrogens with zero attached hydrogens (tertiary/aromatic N) is 1. The molecule has 0 fully saturated rings. The predicted octanol–water partition coefficient (Wildman–Crippen LogP) is 3.25. The van der Waals surface area contributed by atoms with Gasteiger partial charge in [0.1, 0.15) is 18.1 Å². The maximum atomic E-state index is 5.85. The van der Waals surface area contributed by atoms with E-state index in [9.17, 15) is 0 Å². The van der Waals surface area contributed by atoms with Crippen molar-refractivity contribution in [1.29, 1.82) is 0 Å². The lowest BCUT2D eigenvalue weighted by Crippen LogP contribution is -1.98. The molecule has 0 saturated carbocycles. The summed E-state index contributed by atoms with van der Waals surface area (Å²) < 4.78 is 10.8. The number of para-hydroxylation sites is 2. The van der Waals surface area contributed by atoms with Crippen LogP contribution >= 0.6 is 0 Å². The highest BCUT2D eigenvalue weighted by atomic mass is 16.5. The maximum Gasteiger partial charge on any atom is 0.142 e. The molecule has 1 aromatic heterocycles. The summed E-state index contributed by atoms with van der Waals surface area (Å²) in [5.74, 6) is 1.49. The van der Waals surface area contributed by atoms with Crippen LogP contribution in [0.15, 0.2) is 54.6 Å². The molecule has 0 aliphatic rings. The van der Waals surface area contributed by atoms with Crippen LogP contribution in [0.25, 0.3) is 11.3 Å². The minimum Gasteiger partial charge on any atom is -0.497 e. The number of hydrogen-bond acceptors (Lipinski definition) is 4. The van der Waals surface area contributed by atoms with Crippen LogP contribution in [0.3, 0.4) is 0 Å². The van der Waals surface area contributed by atoms with Gasteiger partial charge in [0.25, 0.3) is 0 Å². The molecule has 3 N–H and O–H groups in total. The average Bonchev–Trinajstić information content (AvgIpc) is 3.03. The second-order valence-corrected chi connectivity index (χ2v) is 4.83. The fourth-order valence-corrected chi connectivity index (χ4v) is 2.11. The highest BCUT2D eigenvalue weighted by molar-refractivity contribution is 5.60. The molecule has 5 nitrogen and oxygen atoms in total. The van der Waals surface area contributed by atoms with Gasteiger partial charge >= 0.3 is 0 Å². The first-order valence-electron chi connectivity index (χ1n) is 6.92. The number of aromatic nitrogens is 2. The van der Waals surface area contributed by atoms with Crippen molar-refractivity contribution in [1.82, 2.24) is 10.2 Å². The van der Waals surface area contributed by atoms with E-state index < -0.39 is 0 Å². The van der Waals surface area contributed by atoms with Crippen molar-refractivity contribution in [2.24, 2.45) is 0 Å². The van der Waals surface area contributed by atoms with E-state index >= 15 is 0 Å². The Morgan fingerprint density at radius 1 is 1.09 bits per heavy atom. The molecule has 0 radical (unpaired) electrons. The highest BCUT2D eigenvalue weighted by Gasteiger charge is 2.06. The van der Waals surface area contributed by atoms with E-state index in [2.05, 4.69) is 10.2 Å². The molecular formula is C17H17N3O2. The molecule has 1 heterocycles. The van der Waals surface area contributed by atoms with Crippen LogP contribution in [-0.4, -0.2) is 17.3 Å². The zero-order chi connectivity index (χ0) is 15.4. The van der Waals surface area contributed by atoms with Crippen LogP contribution in [0, 0.1) is 0 Å². The van der Waals surface area contributed by atoms with Gasteiger partial charge in [-0.1, -0.05) is 12.1 Å². The van der Waals surface area contributed by atoms with E-state index in [4.69, 9.17) is 15.2 Å². The SMILES string of the molecule is COc1ccc(-c2cc(COc3ccccc3N)[nH]n2)cc1. The molecule has 0 bridgehead atoms. The predicted molar refractivity (Wildman–Crippen MR) is 85.8 cm³/mol. The second-order valence-electron chi connectivity index (χ2n) is 4.83. The molecule has 5 heteroatoms. The number of anilines is 1. The number of methoxy groups -OCH3 is 1. The standard InChI is InChI=1S/C17H17N3O2/c1-21-14-8-6-12(7-9-14)16-10-13(19-20-16)11-22-17-5-3-2-4-15(17)18/h2-10H,11,18H2,1H3,(H,19,20). The van der Waals surface area contributed by atoms with Gasteiger partial charge < -0.3 is 15.2 Å². The van der Waals surface area contributed by atoms with E-state index in [0.717, 1.165) is 22.7 Å². The molecule has 0 unspecified atom stereocenters. The quantitative estimate of drug-likeness (QED) is 0.709. The summed E-state index contributed by atoms with van der Waals surface area (Å²) in [7, 11) is 1.65. The van der Waals surface area contributed by atoms with Gasteiger partial charge in [-0.3, -0.25) is 5.10 Å². The number of benzene rings is 2. The van der Waals surface area contributed by atoms with Crippen LogP contribution in [0.5, 0.6) is 11.5 Å². The van der Waals surface area contributed by atoms with Gasteiger partial charge in [-0.15, -0.1) is 0 Å². The Kier molecular flexibility index (Phi) is 3.96. The van der Waals surface area contributed by atoms with Crippen LogP contribution in [0.1, 0.15) is 5.69 Å². The summed E-state index contributed by atoms with van der Waals surface area (Å²) in [4.78, 5) is 0. The Hall–Kier alpha value is -2.95. The zero-order valence-electron chi connectivity index (χ0n) is 12.2. The molecule has 3 aromatic rings. The molecule has 0 atom stereocenters. The first kappa shape index (κ1) is 14.0. The second kappa shape index (κ2) is 6.22. The van der Waals surface area contributed by atoms with E-state index in [1.54, 1.807) is 7.11 Å². The van der Waals surface area contributed by atoms with Crippen LogP contribution < -0.4 is 15.2 Å². The van der Waals surface area contributed by atoms with Gasteiger partial charge in [-0.05, 0) is 42.5 Å². The molecule has 0 aliphatic carbocycles. The Morgan fingerprint density at radius 2 is 1.86 bits per heavy atom. The van der Waals surface area contributed by atoms with Gasteiger partial charge in [0.2, 0.25) is 0 Å². The summed E-state index contributed by atoms with van der Waals surface area (Å²) in [6, 6.07) is 17.1. The lowest BCUT2D eigenvalue weighted by Gasteiger charge is -2.06. The molecule has 0 spiro atoms. The van der Waals surface area contributed by atoms with Crippen molar-refractivity contribution in [3.63, 3.8) is 0 Å². The number of H-pyrrole nitrogens is 1. The number of ether oxygens (including phenoxy) is 2. The summed E-state index contributed by atoms with van der Waals surface area (Å²) in [5.41, 5.74) is 9.23. The lowest BCUT2D eigenvalue weighted by molar-refractivity contribution is 0.303. The molecule has 0 saturated heterocycles. The highest BCUT2D eigenvalue weighted by Crippen LogP contribution is 2.23. The van der Waals surface area contributed by atoms with E-state index in [0.29, 0.717) is 18.0 Å². The molecule has 3 rings (SSSR count). The number of nitrogen functional groups attached to an aromatic ring is 1. The third-order valence-electron chi connectivity index (χ3n) is 3.32. The topological polar surface area (TPSA) is 73.2 Å². The van der Waals surface area contributed by atoms with Crippen LogP contribution in [-0.2, 0) is 6.61 Å². The maximum absolute atomic E-state index is 5.85. The van der Waals surface area contributed by atoms with Gasteiger partial charge in [-0.2, -0.15) is 5.10 Å². The number of rotatable bonds is 5. The average molecular weight is 295 g/mol. The van der Waals surface area contributed by atoms with Gasteiger partial charge in [0.15, 0.2) is 0 Å². The molecule has 112 valence electrons. The van der Waals surface area contributed by atoms with Crippen molar-refractivity contribution >= 4 is 5.69 Å². The van der Waals surface area contributed by atoms with Crippen molar-refractivity contribution < 1.29 is 9.47 Å². The summed E-state index contributed by atoms with van der Waals surface area (Å²) in [6.45, 7) is 0.386. The lowest BCUT2D eigenvalue weighted by atomic mass is 10.1. The molecular weight excluding hydrogens is 278 g/mol. The van der Waals surface area contributed by atoms with Crippen LogP contribution in [0.4, 0.5) is 5.69 Å². The van der Waals surface area contributed by atoms with Crippen molar-refractivity contribution in [3.05, 3.63) is 60.3 Å². The summed E-state index contributed by atoms with van der Waals surface area (Å²) in [6.07, 6.45) is 0. The fraction of sp³-hybridized carbons (Fsp3) is 0.118. The number of hydrogen-bond donors (Lipinski definition) is 2.